The normalized spacial score (nSPS) is 23.4. The van der Waals surface area contributed by atoms with E-state index in [4.69, 9.17) is 0 Å². The fourth-order valence-corrected chi connectivity index (χ4v) is 3.33. The predicted molar refractivity (Wildman–Crippen MR) is 88.4 cm³/mol. The quantitative estimate of drug-likeness (QED) is 0.855. The molecule has 0 spiro atoms. The lowest BCUT2D eigenvalue weighted by Gasteiger charge is -2.15. The molecular weight excluding hydrogens is 306 g/mol. The minimum Gasteiger partial charge on any atom is -0.393 e. The molecule has 7 heteroatoms. The average Bonchev–Trinajstić information content (AvgIpc) is 3.18. The van der Waals surface area contributed by atoms with E-state index in [1.54, 1.807) is 18.7 Å². The maximum absolute atomic E-state index is 12.3. The molecule has 7 nitrogen and oxygen atoms in total. The summed E-state index contributed by atoms with van der Waals surface area (Å²) >= 11 is 0. The minimum absolute atomic E-state index is 0.0259. The Bertz CT molecular complexity index is 715. The first kappa shape index (κ1) is 16.6. The Balaban J connectivity index is 1.58. The van der Waals surface area contributed by atoms with Gasteiger partial charge in [0.15, 0.2) is 0 Å². The Labute approximate surface area is 141 Å². The highest BCUT2D eigenvalue weighted by Gasteiger charge is 2.36. The van der Waals surface area contributed by atoms with Crippen LogP contribution in [0.1, 0.15) is 47.4 Å². The summed E-state index contributed by atoms with van der Waals surface area (Å²) in [5, 5.41) is 21.3. The van der Waals surface area contributed by atoms with Gasteiger partial charge in [0, 0.05) is 37.8 Å². The summed E-state index contributed by atoms with van der Waals surface area (Å²) in [6, 6.07) is 1.86. The highest BCUT2D eigenvalue weighted by Crippen LogP contribution is 2.37. The van der Waals surface area contributed by atoms with Crippen LogP contribution in [0, 0.1) is 5.92 Å². The van der Waals surface area contributed by atoms with Gasteiger partial charge in [0.2, 0.25) is 0 Å². The molecular formula is C17H23N5O2. The van der Waals surface area contributed by atoms with Gasteiger partial charge < -0.3 is 15.0 Å². The molecule has 128 valence electrons. The first-order chi connectivity index (χ1) is 11.6. The number of carbonyl (C=O) groups excluding carboxylic acids is 1. The molecule has 0 saturated heterocycles. The summed E-state index contributed by atoms with van der Waals surface area (Å²) in [5.74, 6) is 0.951. The third kappa shape index (κ3) is 3.46. The summed E-state index contributed by atoms with van der Waals surface area (Å²) < 4.78 is 1.89. The van der Waals surface area contributed by atoms with Crippen molar-refractivity contribution in [1.29, 1.82) is 0 Å². The molecule has 3 atom stereocenters. The van der Waals surface area contributed by atoms with Gasteiger partial charge in [-0.3, -0.25) is 9.78 Å². The van der Waals surface area contributed by atoms with Crippen molar-refractivity contribution in [2.24, 2.45) is 13.0 Å². The number of nitrogens with zero attached hydrogens (tertiary/aromatic N) is 4. The van der Waals surface area contributed by atoms with Gasteiger partial charge >= 0.3 is 0 Å². The van der Waals surface area contributed by atoms with Gasteiger partial charge in [-0.1, -0.05) is 6.92 Å². The van der Waals surface area contributed by atoms with Gasteiger partial charge in [-0.15, -0.1) is 10.2 Å². The number of carbonyl (C=O) groups is 1. The van der Waals surface area contributed by atoms with Gasteiger partial charge in [-0.05, 0) is 30.9 Å². The van der Waals surface area contributed by atoms with E-state index in [1.165, 1.54) is 0 Å². The van der Waals surface area contributed by atoms with E-state index in [0.29, 0.717) is 18.5 Å². The molecule has 1 amide bonds. The van der Waals surface area contributed by atoms with E-state index in [9.17, 15) is 9.90 Å². The number of aliphatic hydroxyl groups excluding tert-OH is 1. The van der Waals surface area contributed by atoms with E-state index >= 15 is 0 Å². The van der Waals surface area contributed by atoms with Crippen molar-refractivity contribution in [3.05, 3.63) is 41.7 Å². The minimum atomic E-state index is -0.438. The fourth-order valence-electron chi connectivity index (χ4n) is 3.33. The largest absolute Gasteiger partial charge is 0.393 e. The summed E-state index contributed by atoms with van der Waals surface area (Å²) in [4.78, 5) is 16.4. The lowest BCUT2D eigenvalue weighted by atomic mass is 10.0. The first-order valence-electron chi connectivity index (χ1n) is 8.32. The lowest BCUT2D eigenvalue weighted by Crippen LogP contribution is -2.32. The van der Waals surface area contributed by atoms with Crippen LogP contribution in [0.5, 0.6) is 0 Å². The molecule has 0 radical (unpaired) electrons. The van der Waals surface area contributed by atoms with Crippen molar-refractivity contribution in [1.82, 2.24) is 25.1 Å². The van der Waals surface area contributed by atoms with Gasteiger partial charge in [0.1, 0.15) is 12.2 Å². The number of aliphatic hydroxyl groups is 1. The molecule has 1 aliphatic rings. The van der Waals surface area contributed by atoms with Gasteiger partial charge in [-0.2, -0.15) is 0 Å². The topological polar surface area (TPSA) is 92.9 Å². The highest BCUT2D eigenvalue weighted by atomic mass is 16.3. The van der Waals surface area contributed by atoms with Crippen LogP contribution in [-0.2, 0) is 13.5 Å². The van der Waals surface area contributed by atoms with Crippen LogP contribution < -0.4 is 5.32 Å². The van der Waals surface area contributed by atoms with Gasteiger partial charge in [0.25, 0.3) is 5.91 Å². The van der Waals surface area contributed by atoms with Crippen LogP contribution in [0.4, 0.5) is 0 Å². The zero-order valence-electron chi connectivity index (χ0n) is 14.0. The summed E-state index contributed by atoms with van der Waals surface area (Å²) in [5.41, 5.74) is 1.59. The Morgan fingerprint density at radius 3 is 2.96 bits per heavy atom. The molecule has 2 aromatic heterocycles. The van der Waals surface area contributed by atoms with E-state index in [0.717, 1.165) is 24.2 Å². The van der Waals surface area contributed by atoms with E-state index in [2.05, 4.69) is 20.5 Å². The standard InChI is InChI=1S/C17H23N5O2/c1-3-11-4-14(8-18-7-11)17(24)19-9-13-5-12(6-15(13)23)16-21-20-10-22(16)2/h4,7-8,10,12-13,15,23H,3,5-6,9H2,1-2H3,(H,19,24)/t12-,13+,15+/m0/s1. The molecule has 2 aromatic rings. The van der Waals surface area contributed by atoms with Crippen LogP contribution in [0.2, 0.25) is 0 Å². The molecule has 1 saturated carbocycles. The Kier molecular flexibility index (Phi) is 4.89. The van der Waals surface area contributed by atoms with Crippen molar-refractivity contribution in [3.8, 4) is 0 Å². The number of aryl methyl sites for hydroxylation is 2. The number of hydrogen-bond acceptors (Lipinski definition) is 5. The second-order valence-corrected chi connectivity index (χ2v) is 6.44. The van der Waals surface area contributed by atoms with Crippen molar-refractivity contribution in [3.63, 3.8) is 0 Å². The molecule has 1 aliphatic carbocycles. The predicted octanol–water partition coefficient (Wildman–Crippen LogP) is 1.06. The Morgan fingerprint density at radius 1 is 1.42 bits per heavy atom. The molecule has 2 heterocycles. The third-order valence-electron chi connectivity index (χ3n) is 4.76. The lowest BCUT2D eigenvalue weighted by molar-refractivity contribution is 0.0916. The van der Waals surface area contributed by atoms with Crippen LogP contribution in [0.15, 0.2) is 24.8 Å². The SMILES string of the molecule is CCc1cncc(C(=O)NC[C@H]2C[C@H](c3nncn3C)C[C@H]2O)c1. The smallest absolute Gasteiger partial charge is 0.252 e. The Hall–Kier alpha value is -2.28. The van der Waals surface area contributed by atoms with Crippen LogP contribution in [-0.4, -0.2) is 43.4 Å². The molecule has 1 fully saturated rings. The summed E-state index contributed by atoms with van der Waals surface area (Å²) in [6.45, 7) is 2.48. The maximum atomic E-state index is 12.3. The van der Waals surface area contributed by atoms with Crippen molar-refractivity contribution < 1.29 is 9.90 Å². The van der Waals surface area contributed by atoms with E-state index in [-0.39, 0.29) is 17.7 Å². The number of amides is 1. The number of pyridine rings is 1. The molecule has 3 rings (SSSR count). The first-order valence-corrected chi connectivity index (χ1v) is 8.32. The van der Waals surface area contributed by atoms with Gasteiger partial charge in [-0.25, -0.2) is 0 Å². The number of rotatable bonds is 5. The molecule has 0 bridgehead atoms. The summed E-state index contributed by atoms with van der Waals surface area (Å²) in [6.07, 6.45) is 6.86. The molecule has 24 heavy (non-hydrogen) atoms. The highest BCUT2D eigenvalue weighted by molar-refractivity contribution is 5.94. The molecule has 0 aliphatic heterocycles. The zero-order chi connectivity index (χ0) is 17.1. The van der Waals surface area contributed by atoms with Crippen LogP contribution >= 0.6 is 0 Å². The monoisotopic (exact) mass is 329 g/mol. The van der Waals surface area contributed by atoms with Crippen molar-refractivity contribution >= 4 is 5.91 Å². The van der Waals surface area contributed by atoms with Crippen LogP contribution in [0.25, 0.3) is 0 Å². The maximum Gasteiger partial charge on any atom is 0.252 e. The molecule has 0 aromatic carbocycles. The van der Waals surface area contributed by atoms with Crippen LogP contribution in [0.3, 0.4) is 0 Å². The van der Waals surface area contributed by atoms with E-state index in [1.807, 2.05) is 24.6 Å². The van der Waals surface area contributed by atoms with E-state index < -0.39 is 6.10 Å². The number of nitrogens with one attached hydrogen (secondary N) is 1. The molecule has 2 N–H and O–H groups in total. The van der Waals surface area contributed by atoms with Crippen molar-refractivity contribution in [2.45, 2.75) is 38.2 Å². The van der Waals surface area contributed by atoms with Crippen molar-refractivity contribution in [2.75, 3.05) is 6.54 Å². The second-order valence-electron chi connectivity index (χ2n) is 6.44. The second kappa shape index (κ2) is 7.09. The zero-order valence-corrected chi connectivity index (χ0v) is 14.0. The average molecular weight is 329 g/mol. The van der Waals surface area contributed by atoms with Gasteiger partial charge in [0.05, 0.1) is 11.7 Å². The third-order valence-corrected chi connectivity index (χ3v) is 4.76. The molecule has 0 unspecified atom stereocenters. The summed E-state index contributed by atoms with van der Waals surface area (Å²) in [7, 11) is 1.91. The number of hydrogen-bond donors (Lipinski definition) is 2. The Morgan fingerprint density at radius 2 is 2.25 bits per heavy atom. The fraction of sp³-hybridized carbons (Fsp3) is 0.529. The number of aromatic nitrogens is 4.